The molecule has 4 heteroatoms. The van der Waals surface area contributed by atoms with Gasteiger partial charge in [-0.25, -0.2) is 0 Å². The predicted molar refractivity (Wildman–Crippen MR) is 58.1 cm³/mol. The summed E-state index contributed by atoms with van der Waals surface area (Å²) < 4.78 is 5.62. The number of hydrogen-bond donors (Lipinski definition) is 2. The number of ether oxygens (including phenoxy) is 1. The normalized spacial score (nSPS) is 23.9. The van der Waals surface area contributed by atoms with Gasteiger partial charge in [-0.3, -0.25) is 11.3 Å². The molecule has 78 valence electrons. The second-order valence-electron chi connectivity index (χ2n) is 3.66. The van der Waals surface area contributed by atoms with Crippen molar-refractivity contribution in [2.24, 2.45) is 5.84 Å². The Kier molecular flexibility index (Phi) is 3.53. The molecule has 0 radical (unpaired) electrons. The Hall–Kier alpha value is -0.420. The van der Waals surface area contributed by atoms with Crippen molar-refractivity contribution in [2.45, 2.75) is 31.4 Å². The minimum Gasteiger partial charge on any atom is -0.377 e. The number of nitrogens with one attached hydrogen (secondary N) is 1. The summed E-state index contributed by atoms with van der Waals surface area (Å²) in [6.45, 7) is 0.881. The van der Waals surface area contributed by atoms with Gasteiger partial charge in [-0.05, 0) is 41.7 Å². The van der Waals surface area contributed by atoms with E-state index in [0.29, 0.717) is 6.10 Å². The first-order chi connectivity index (χ1) is 6.90. The average molecular weight is 212 g/mol. The van der Waals surface area contributed by atoms with Crippen LogP contribution in [0, 0.1) is 0 Å². The topological polar surface area (TPSA) is 47.3 Å². The van der Waals surface area contributed by atoms with Crippen LogP contribution >= 0.6 is 11.3 Å². The number of rotatable bonds is 4. The van der Waals surface area contributed by atoms with Gasteiger partial charge in [0.25, 0.3) is 0 Å². The van der Waals surface area contributed by atoms with Gasteiger partial charge in [-0.2, -0.15) is 11.3 Å². The van der Waals surface area contributed by atoms with Crippen molar-refractivity contribution in [3.05, 3.63) is 22.4 Å². The van der Waals surface area contributed by atoms with E-state index in [0.717, 1.165) is 25.9 Å². The van der Waals surface area contributed by atoms with Crippen LogP contribution in [0.5, 0.6) is 0 Å². The van der Waals surface area contributed by atoms with Crippen LogP contribution in [0.15, 0.2) is 16.8 Å². The van der Waals surface area contributed by atoms with Crippen LogP contribution in [-0.2, 0) is 11.2 Å². The van der Waals surface area contributed by atoms with Gasteiger partial charge in [-0.15, -0.1) is 0 Å². The first-order valence-corrected chi connectivity index (χ1v) is 5.93. The molecule has 0 spiro atoms. The molecule has 1 aromatic rings. The Labute approximate surface area is 88.2 Å². The van der Waals surface area contributed by atoms with E-state index in [1.165, 1.54) is 5.56 Å². The van der Waals surface area contributed by atoms with Crippen LogP contribution in [0.25, 0.3) is 0 Å². The van der Waals surface area contributed by atoms with Crippen molar-refractivity contribution in [3.8, 4) is 0 Å². The van der Waals surface area contributed by atoms with Crippen molar-refractivity contribution < 1.29 is 4.74 Å². The summed E-state index contributed by atoms with van der Waals surface area (Å²) >= 11 is 1.73. The van der Waals surface area contributed by atoms with Gasteiger partial charge in [0.05, 0.1) is 12.1 Å². The fourth-order valence-corrected chi connectivity index (χ4v) is 2.56. The maximum absolute atomic E-state index is 5.62. The molecule has 2 unspecified atom stereocenters. The summed E-state index contributed by atoms with van der Waals surface area (Å²) in [7, 11) is 0. The first kappa shape index (κ1) is 10.1. The molecule has 1 saturated heterocycles. The van der Waals surface area contributed by atoms with E-state index in [2.05, 4.69) is 22.3 Å². The molecule has 0 bridgehead atoms. The van der Waals surface area contributed by atoms with Crippen LogP contribution < -0.4 is 11.3 Å². The van der Waals surface area contributed by atoms with Gasteiger partial charge >= 0.3 is 0 Å². The zero-order chi connectivity index (χ0) is 9.80. The number of hydrogen-bond acceptors (Lipinski definition) is 4. The number of hydrazine groups is 1. The molecule has 0 saturated carbocycles. The summed E-state index contributed by atoms with van der Waals surface area (Å²) in [6.07, 6.45) is 3.54. The molecule has 3 N–H and O–H groups in total. The van der Waals surface area contributed by atoms with Crippen LogP contribution in [0.1, 0.15) is 18.4 Å². The average Bonchev–Trinajstić information content (AvgIpc) is 2.86. The van der Waals surface area contributed by atoms with Gasteiger partial charge in [-0.1, -0.05) is 0 Å². The van der Waals surface area contributed by atoms with E-state index in [1.807, 2.05) is 0 Å². The Bertz CT molecular complexity index is 257. The highest BCUT2D eigenvalue weighted by Crippen LogP contribution is 2.19. The smallest absolute Gasteiger partial charge is 0.0745 e. The minimum atomic E-state index is 0.257. The van der Waals surface area contributed by atoms with Crippen LogP contribution in [0.2, 0.25) is 0 Å². The molecule has 2 atom stereocenters. The second-order valence-corrected chi connectivity index (χ2v) is 4.44. The Morgan fingerprint density at radius 1 is 1.71 bits per heavy atom. The van der Waals surface area contributed by atoms with Crippen molar-refractivity contribution in [1.29, 1.82) is 0 Å². The fraction of sp³-hybridized carbons (Fsp3) is 0.600. The molecule has 2 rings (SSSR count). The minimum absolute atomic E-state index is 0.257. The van der Waals surface area contributed by atoms with Crippen molar-refractivity contribution >= 4 is 11.3 Å². The predicted octanol–water partition coefficient (Wildman–Crippen LogP) is 1.30. The lowest BCUT2D eigenvalue weighted by Crippen LogP contribution is -2.45. The van der Waals surface area contributed by atoms with E-state index in [-0.39, 0.29) is 6.04 Å². The molecule has 0 aromatic carbocycles. The molecule has 3 nitrogen and oxygen atoms in total. The van der Waals surface area contributed by atoms with E-state index in [1.54, 1.807) is 11.3 Å². The maximum atomic E-state index is 5.62. The SMILES string of the molecule is NNC(Cc1ccsc1)C1CCCO1. The molecular formula is C10H16N2OS. The molecule has 14 heavy (non-hydrogen) atoms. The van der Waals surface area contributed by atoms with Crippen molar-refractivity contribution in [2.75, 3.05) is 6.61 Å². The zero-order valence-corrected chi connectivity index (χ0v) is 8.93. The molecule has 0 aliphatic carbocycles. The lowest BCUT2D eigenvalue weighted by Gasteiger charge is -2.21. The third-order valence-corrected chi connectivity index (χ3v) is 3.40. The standard InChI is InChI=1S/C10H16N2OS/c11-12-9(10-2-1-4-13-10)6-8-3-5-14-7-8/h3,5,7,9-10,12H,1-2,4,6,11H2. The fourth-order valence-electron chi connectivity index (χ4n) is 1.88. The van der Waals surface area contributed by atoms with E-state index < -0.39 is 0 Å². The summed E-state index contributed by atoms with van der Waals surface area (Å²) in [4.78, 5) is 0. The number of nitrogens with two attached hydrogens (primary N) is 1. The zero-order valence-electron chi connectivity index (χ0n) is 8.11. The second kappa shape index (κ2) is 4.89. The molecule has 1 fully saturated rings. The van der Waals surface area contributed by atoms with Crippen LogP contribution in [0.3, 0.4) is 0 Å². The maximum Gasteiger partial charge on any atom is 0.0745 e. The Morgan fingerprint density at radius 3 is 3.21 bits per heavy atom. The highest BCUT2D eigenvalue weighted by Gasteiger charge is 2.25. The largest absolute Gasteiger partial charge is 0.377 e. The summed E-state index contributed by atoms with van der Waals surface area (Å²) in [5.74, 6) is 5.54. The highest BCUT2D eigenvalue weighted by atomic mass is 32.1. The molecule has 0 amide bonds. The van der Waals surface area contributed by atoms with Crippen molar-refractivity contribution in [3.63, 3.8) is 0 Å². The lowest BCUT2D eigenvalue weighted by molar-refractivity contribution is 0.0785. The van der Waals surface area contributed by atoms with Gasteiger partial charge < -0.3 is 4.74 Å². The van der Waals surface area contributed by atoms with Gasteiger partial charge in [0.15, 0.2) is 0 Å². The summed E-state index contributed by atoms with van der Waals surface area (Å²) in [5.41, 5.74) is 4.20. The van der Waals surface area contributed by atoms with E-state index >= 15 is 0 Å². The third-order valence-electron chi connectivity index (χ3n) is 2.66. The van der Waals surface area contributed by atoms with Gasteiger partial charge in [0, 0.05) is 6.61 Å². The third kappa shape index (κ3) is 2.33. The summed E-state index contributed by atoms with van der Waals surface area (Å²) in [6, 6.07) is 2.40. The first-order valence-electron chi connectivity index (χ1n) is 4.99. The van der Waals surface area contributed by atoms with Gasteiger partial charge in [0.2, 0.25) is 0 Å². The lowest BCUT2D eigenvalue weighted by atomic mass is 10.0. The quantitative estimate of drug-likeness (QED) is 0.584. The Balaban J connectivity index is 1.92. The highest BCUT2D eigenvalue weighted by molar-refractivity contribution is 7.07. The molecule has 1 aliphatic rings. The molecule has 2 heterocycles. The number of thiophene rings is 1. The molecule has 1 aliphatic heterocycles. The summed E-state index contributed by atoms with van der Waals surface area (Å²) in [5, 5.41) is 4.26. The van der Waals surface area contributed by atoms with Crippen LogP contribution in [-0.4, -0.2) is 18.8 Å². The molecule has 1 aromatic heterocycles. The van der Waals surface area contributed by atoms with Crippen LogP contribution in [0.4, 0.5) is 0 Å². The molecular weight excluding hydrogens is 196 g/mol. The Morgan fingerprint density at radius 2 is 2.64 bits per heavy atom. The van der Waals surface area contributed by atoms with E-state index in [4.69, 9.17) is 10.6 Å². The monoisotopic (exact) mass is 212 g/mol. The van der Waals surface area contributed by atoms with E-state index in [9.17, 15) is 0 Å². The van der Waals surface area contributed by atoms with Crippen molar-refractivity contribution in [1.82, 2.24) is 5.43 Å². The van der Waals surface area contributed by atoms with Gasteiger partial charge in [0.1, 0.15) is 0 Å².